The first-order valence-corrected chi connectivity index (χ1v) is 11.6. The van der Waals surface area contributed by atoms with Gasteiger partial charge in [0.1, 0.15) is 24.4 Å². The van der Waals surface area contributed by atoms with Crippen LogP contribution in [0.2, 0.25) is 0 Å². The first-order valence-electron chi connectivity index (χ1n) is 10.8. The molecule has 32 heavy (non-hydrogen) atoms. The molecule has 0 amide bonds. The predicted molar refractivity (Wildman–Crippen MR) is 125 cm³/mol. The van der Waals surface area contributed by atoms with Gasteiger partial charge in [0.15, 0.2) is 0 Å². The third kappa shape index (κ3) is 5.94. The maximum absolute atomic E-state index is 13.9. The van der Waals surface area contributed by atoms with Crippen molar-refractivity contribution in [2.24, 2.45) is 4.99 Å². The highest BCUT2D eigenvalue weighted by atomic mass is 79.9. The summed E-state index contributed by atoms with van der Waals surface area (Å²) >= 11 is 3.52. The third-order valence-corrected chi connectivity index (χ3v) is 6.16. The van der Waals surface area contributed by atoms with Crippen LogP contribution in [0.1, 0.15) is 23.6 Å². The Kier molecular flexibility index (Phi) is 7.55. The van der Waals surface area contributed by atoms with Gasteiger partial charge in [-0.15, -0.1) is 0 Å². The molecule has 1 unspecified atom stereocenters. The van der Waals surface area contributed by atoms with Gasteiger partial charge in [0, 0.05) is 57.1 Å². The van der Waals surface area contributed by atoms with Crippen molar-refractivity contribution in [1.29, 1.82) is 0 Å². The molecule has 0 aromatic heterocycles. The van der Waals surface area contributed by atoms with Gasteiger partial charge in [0.05, 0.1) is 4.48 Å². The average Bonchev–Trinajstić information content (AvgIpc) is 2.77. The molecule has 2 aliphatic heterocycles. The van der Waals surface area contributed by atoms with Crippen LogP contribution in [0.25, 0.3) is 0 Å². The van der Waals surface area contributed by atoms with Crippen LogP contribution >= 0.6 is 15.9 Å². The van der Waals surface area contributed by atoms with Crippen molar-refractivity contribution in [3.8, 4) is 0 Å². The van der Waals surface area contributed by atoms with Crippen LogP contribution in [0.5, 0.6) is 0 Å². The monoisotopic (exact) mass is 504 g/mol. The Hall–Kier alpha value is -2.29. The zero-order chi connectivity index (χ0) is 22.5. The van der Waals surface area contributed by atoms with Gasteiger partial charge >= 0.3 is 0 Å². The van der Waals surface area contributed by atoms with Crippen molar-refractivity contribution < 1.29 is 13.5 Å². The van der Waals surface area contributed by atoms with Crippen LogP contribution < -0.4 is 5.32 Å². The zero-order valence-corrected chi connectivity index (χ0v) is 19.6. The third-order valence-electron chi connectivity index (χ3n) is 5.62. The van der Waals surface area contributed by atoms with Crippen LogP contribution in [0.3, 0.4) is 0 Å². The van der Waals surface area contributed by atoms with Crippen LogP contribution in [0, 0.1) is 11.6 Å². The predicted octanol–water partition coefficient (Wildman–Crippen LogP) is 4.38. The van der Waals surface area contributed by atoms with Crippen molar-refractivity contribution >= 4 is 21.8 Å². The molecule has 1 atom stereocenters. The molecule has 4 rings (SSSR count). The van der Waals surface area contributed by atoms with E-state index in [0.29, 0.717) is 10.4 Å². The summed E-state index contributed by atoms with van der Waals surface area (Å²) in [7, 11) is 0. The molecule has 1 fully saturated rings. The highest BCUT2D eigenvalue weighted by molar-refractivity contribution is 9.12. The van der Waals surface area contributed by atoms with E-state index in [1.807, 2.05) is 13.1 Å². The number of piperazine rings is 1. The molecule has 0 aliphatic carbocycles. The number of hydrogen-bond acceptors (Lipinski definition) is 5. The maximum atomic E-state index is 13.9. The van der Waals surface area contributed by atoms with Gasteiger partial charge in [-0.3, -0.25) is 4.90 Å². The van der Waals surface area contributed by atoms with Gasteiger partial charge in [-0.05, 0) is 46.1 Å². The molecule has 0 spiro atoms. The number of hydrogen-bond donors (Lipinski definition) is 1. The number of rotatable bonds is 6. The van der Waals surface area contributed by atoms with Gasteiger partial charge in [-0.1, -0.05) is 24.3 Å². The molecule has 0 radical (unpaired) electrons. The van der Waals surface area contributed by atoms with Crippen molar-refractivity contribution in [3.05, 3.63) is 81.5 Å². The lowest BCUT2D eigenvalue weighted by molar-refractivity contribution is 0.233. The van der Waals surface area contributed by atoms with Crippen LogP contribution in [0.15, 0.2) is 58.1 Å². The van der Waals surface area contributed by atoms with E-state index < -0.39 is 11.6 Å². The van der Waals surface area contributed by atoms with E-state index in [1.165, 1.54) is 23.3 Å². The minimum absolute atomic E-state index is 0.0192. The molecule has 8 heteroatoms. The summed E-state index contributed by atoms with van der Waals surface area (Å²) in [6.07, 6.45) is 1.82. The first-order chi connectivity index (χ1) is 15.5. The lowest BCUT2D eigenvalue weighted by atomic mass is 10.1. The van der Waals surface area contributed by atoms with E-state index >= 15 is 0 Å². The van der Waals surface area contributed by atoms with Gasteiger partial charge in [0.2, 0.25) is 5.90 Å². The van der Waals surface area contributed by atoms with Crippen molar-refractivity contribution in [2.45, 2.75) is 32.8 Å². The first kappa shape index (κ1) is 22.9. The largest absolute Gasteiger partial charge is 0.472 e. The fraction of sp³-hybridized carbons (Fsp3) is 0.375. The number of halogens is 3. The van der Waals surface area contributed by atoms with E-state index in [4.69, 9.17) is 4.74 Å². The molecule has 0 saturated carbocycles. The van der Waals surface area contributed by atoms with Crippen LogP contribution in [-0.2, 0) is 24.4 Å². The molecule has 170 valence electrons. The Labute approximate surface area is 195 Å². The topological polar surface area (TPSA) is 40.1 Å². The van der Waals surface area contributed by atoms with E-state index in [0.717, 1.165) is 45.3 Å². The molecule has 5 nitrogen and oxygen atoms in total. The van der Waals surface area contributed by atoms with E-state index in [9.17, 15) is 8.78 Å². The zero-order valence-electron chi connectivity index (χ0n) is 18.0. The van der Waals surface area contributed by atoms with Gasteiger partial charge in [-0.25, -0.2) is 13.8 Å². The van der Waals surface area contributed by atoms with Crippen molar-refractivity contribution in [1.82, 2.24) is 15.1 Å². The smallest absolute Gasteiger partial charge is 0.227 e. The summed E-state index contributed by atoms with van der Waals surface area (Å²) in [5.74, 6) is -0.828. The Bertz CT molecular complexity index is 1010. The van der Waals surface area contributed by atoms with E-state index in [1.54, 1.807) is 0 Å². The highest BCUT2D eigenvalue weighted by Crippen LogP contribution is 2.23. The Morgan fingerprint density at radius 2 is 1.84 bits per heavy atom. The number of nitrogens with one attached hydrogen (secondary N) is 1. The fourth-order valence-corrected chi connectivity index (χ4v) is 4.33. The Balaban J connectivity index is 1.36. The van der Waals surface area contributed by atoms with Gasteiger partial charge < -0.3 is 15.0 Å². The molecule has 1 N–H and O–H groups in total. The SMILES string of the molecule is CC1N=C(OCc2ccc(F)cc2F)C(Br)=CN1Cc1cccc(CN2CCNCC2)c1. The molecule has 2 aromatic carbocycles. The molecule has 2 aliphatic rings. The minimum Gasteiger partial charge on any atom is -0.472 e. The quantitative estimate of drug-likeness (QED) is 0.633. The van der Waals surface area contributed by atoms with Gasteiger partial charge in [0.25, 0.3) is 0 Å². The van der Waals surface area contributed by atoms with Crippen molar-refractivity contribution in [2.75, 3.05) is 26.2 Å². The van der Waals surface area contributed by atoms with Crippen LogP contribution in [-0.4, -0.2) is 48.0 Å². The lowest BCUT2D eigenvalue weighted by Crippen LogP contribution is -2.42. The molecular weight excluding hydrogens is 478 g/mol. The number of benzene rings is 2. The van der Waals surface area contributed by atoms with Crippen LogP contribution in [0.4, 0.5) is 8.78 Å². The fourth-order valence-electron chi connectivity index (χ4n) is 3.85. The summed E-state index contributed by atoms with van der Waals surface area (Å²) in [6, 6.07) is 12.1. The van der Waals surface area contributed by atoms with Gasteiger partial charge in [-0.2, -0.15) is 0 Å². The van der Waals surface area contributed by atoms with E-state index in [-0.39, 0.29) is 18.3 Å². The standard InChI is InChI=1S/C24H27BrF2N4O/c1-17-29-24(32-16-20-5-6-21(26)12-23(20)27)22(25)15-31(17)14-19-4-2-3-18(11-19)13-30-9-7-28-8-10-30/h2-6,11-12,15,17,28H,7-10,13-14,16H2,1H3. The summed E-state index contributed by atoms with van der Waals surface area (Å²) in [6.45, 7) is 7.87. The lowest BCUT2D eigenvalue weighted by Gasteiger charge is -2.30. The molecule has 1 saturated heterocycles. The average molecular weight is 505 g/mol. The molecule has 0 bridgehead atoms. The molecule has 2 aromatic rings. The second-order valence-corrected chi connectivity index (χ2v) is 8.94. The second kappa shape index (κ2) is 10.6. The van der Waals surface area contributed by atoms with E-state index in [2.05, 4.69) is 60.3 Å². The summed E-state index contributed by atoms with van der Waals surface area (Å²) in [5.41, 5.74) is 2.81. The highest BCUT2D eigenvalue weighted by Gasteiger charge is 2.21. The summed E-state index contributed by atoms with van der Waals surface area (Å²) in [5, 5.41) is 3.39. The van der Waals surface area contributed by atoms with Crippen molar-refractivity contribution in [3.63, 3.8) is 0 Å². The normalized spacial score (nSPS) is 19.5. The minimum atomic E-state index is -0.628. The number of aliphatic imine (C=N–C) groups is 1. The Morgan fingerprint density at radius 3 is 2.59 bits per heavy atom. The summed E-state index contributed by atoms with van der Waals surface area (Å²) in [4.78, 5) is 9.20. The number of nitrogens with zero attached hydrogens (tertiary/aromatic N) is 3. The Morgan fingerprint density at radius 1 is 1.09 bits per heavy atom. The second-order valence-electron chi connectivity index (χ2n) is 8.09. The maximum Gasteiger partial charge on any atom is 0.227 e. The molecule has 2 heterocycles. The number of ether oxygens (including phenoxy) is 1. The summed E-state index contributed by atoms with van der Waals surface area (Å²) < 4.78 is 33.4. The molecular formula is C24H27BrF2N4O.